The Morgan fingerprint density at radius 3 is 2.55 bits per heavy atom. The van der Waals surface area contributed by atoms with Gasteiger partial charge in [0.15, 0.2) is 0 Å². The Labute approximate surface area is 126 Å². The SMILES string of the molecule is Cc1cc(O)c2cc(C)c(-c3ccc(Cl)cc3Cl)n2n1. The lowest BCUT2D eigenvalue weighted by Crippen LogP contribution is -1.97. The average Bonchev–Trinajstić information content (AvgIpc) is 2.67. The average molecular weight is 307 g/mol. The van der Waals surface area contributed by atoms with Crippen molar-refractivity contribution < 1.29 is 5.11 Å². The van der Waals surface area contributed by atoms with Crippen LogP contribution in [0.2, 0.25) is 10.0 Å². The second kappa shape index (κ2) is 4.69. The van der Waals surface area contributed by atoms with Gasteiger partial charge in [-0.2, -0.15) is 5.10 Å². The molecule has 0 saturated heterocycles. The number of aromatic hydroxyl groups is 1. The molecule has 0 aliphatic carbocycles. The molecule has 0 atom stereocenters. The van der Waals surface area contributed by atoms with E-state index in [-0.39, 0.29) is 5.75 Å². The van der Waals surface area contributed by atoms with Gasteiger partial charge in [0.25, 0.3) is 0 Å². The lowest BCUT2D eigenvalue weighted by Gasteiger charge is -2.08. The fourth-order valence-electron chi connectivity index (χ4n) is 2.37. The van der Waals surface area contributed by atoms with Crippen molar-refractivity contribution >= 4 is 28.7 Å². The van der Waals surface area contributed by atoms with Gasteiger partial charge in [-0.15, -0.1) is 0 Å². The summed E-state index contributed by atoms with van der Waals surface area (Å²) in [5.41, 5.74) is 4.08. The van der Waals surface area contributed by atoms with Crippen molar-refractivity contribution in [3.8, 4) is 17.0 Å². The van der Waals surface area contributed by atoms with E-state index in [1.54, 1.807) is 22.7 Å². The van der Waals surface area contributed by atoms with Gasteiger partial charge in [0.05, 0.1) is 16.4 Å². The van der Waals surface area contributed by atoms with Crippen molar-refractivity contribution in [1.82, 2.24) is 9.61 Å². The normalized spacial score (nSPS) is 11.2. The quantitative estimate of drug-likeness (QED) is 0.711. The first-order valence-corrected chi connectivity index (χ1v) is 6.87. The second-order valence-electron chi connectivity index (χ2n) is 4.77. The van der Waals surface area contributed by atoms with Crippen LogP contribution in [0, 0.1) is 13.8 Å². The molecule has 0 bridgehead atoms. The minimum Gasteiger partial charge on any atom is -0.506 e. The van der Waals surface area contributed by atoms with Gasteiger partial charge in [-0.3, -0.25) is 0 Å². The summed E-state index contributed by atoms with van der Waals surface area (Å²) in [6, 6.07) is 8.88. The number of hydrogen-bond donors (Lipinski definition) is 1. The van der Waals surface area contributed by atoms with E-state index >= 15 is 0 Å². The first-order chi connectivity index (χ1) is 9.47. The highest BCUT2D eigenvalue weighted by Crippen LogP contribution is 2.35. The Kier molecular flexibility index (Phi) is 3.11. The van der Waals surface area contributed by atoms with Gasteiger partial charge in [-0.1, -0.05) is 23.2 Å². The molecule has 0 saturated carbocycles. The molecule has 5 heteroatoms. The number of fused-ring (bicyclic) bond motifs is 1. The third-order valence-corrected chi connectivity index (χ3v) is 3.77. The van der Waals surface area contributed by atoms with E-state index in [0.29, 0.717) is 15.6 Å². The molecular formula is C15H12Cl2N2O. The van der Waals surface area contributed by atoms with E-state index in [1.165, 1.54) is 0 Å². The lowest BCUT2D eigenvalue weighted by atomic mass is 10.1. The minimum atomic E-state index is 0.205. The molecule has 0 fully saturated rings. The van der Waals surface area contributed by atoms with Gasteiger partial charge in [0.1, 0.15) is 11.3 Å². The predicted octanol–water partition coefficient (Wildman–Crippen LogP) is 4.63. The third-order valence-electron chi connectivity index (χ3n) is 3.22. The van der Waals surface area contributed by atoms with E-state index in [4.69, 9.17) is 23.2 Å². The van der Waals surface area contributed by atoms with E-state index in [2.05, 4.69) is 5.10 Å². The molecule has 0 radical (unpaired) electrons. The van der Waals surface area contributed by atoms with Crippen LogP contribution in [-0.2, 0) is 0 Å². The fourth-order valence-corrected chi connectivity index (χ4v) is 2.87. The molecule has 2 heterocycles. The Hall–Kier alpha value is -1.71. The van der Waals surface area contributed by atoms with Crippen molar-refractivity contribution in [3.05, 3.63) is 51.6 Å². The van der Waals surface area contributed by atoms with Gasteiger partial charge in [0, 0.05) is 16.7 Å². The number of hydrogen-bond acceptors (Lipinski definition) is 2. The van der Waals surface area contributed by atoms with Crippen LogP contribution >= 0.6 is 23.2 Å². The maximum atomic E-state index is 10.0. The monoisotopic (exact) mass is 306 g/mol. The van der Waals surface area contributed by atoms with Gasteiger partial charge in [-0.05, 0) is 43.7 Å². The summed E-state index contributed by atoms with van der Waals surface area (Å²) in [4.78, 5) is 0. The first kappa shape index (κ1) is 13.3. The molecule has 0 spiro atoms. The molecule has 3 rings (SSSR count). The van der Waals surface area contributed by atoms with Crippen LogP contribution in [-0.4, -0.2) is 14.7 Å². The van der Waals surface area contributed by atoms with Crippen LogP contribution in [0.15, 0.2) is 30.3 Å². The van der Waals surface area contributed by atoms with Gasteiger partial charge < -0.3 is 5.11 Å². The highest BCUT2D eigenvalue weighted by atomic mass is 35.5. The van der Waals surface area contributed by atoms with Crippen LogP contribution in [0.5, 0.6) is 5.75 Å². The molecule has 20 heavy (non-hydrogen) atoms. The van der Waals surface area contributed by atoms with E-state index in [0.717, 1.165) is 22.5 Å². The zero-order chi connectivity index (χ0) is 14.4. The van der Waals surface area contributed by atoms with Crippen molar-refractivity contribution in [2.24, 2.45) is 0 Å². The van der Waals surface area contributed by atoms with Crippen LogP contribution in [0.3, 0.4) is 0 Å². The number of benzene rings is 1. The van der Waals surface area contributed by atoms with Crippen molar-refractivity contribution in [2.75, 3.05) is 0 Å². The van der Waals surface area contributed by atoms with Gasteiger partial charge in [0.2, 0.25) is 0 Å². The molecule has 1 N–H and O–H groups in total. The van der Waals surface area contributed by atoms with Gasteiger partial charge >= 0.3 is 0 Å². The standard InChI is InChI=1S/C15H12Cl2N2O/c1-8-5-13-14(20)6-9(2)18-19(13)15(8)11-4-3-10(16)7-12(11)17/h3-7,20H,1-2H3. The molecule has 0 aliphatic heterocycles. The van der Waals surface area contributed by atoms with E-state index in [9.17, 15) is 5.11 Å². The molecule has 102 valence electrons. The Balaban J connectivity index is 2.38. The maximum Gasteiger partial charge on any atom is 0.143 e. The third kappa shape index (κ3) is 2.03. The molecule has 1 aromatic carbocycles. The number of rotatable bonds is 1. The highest BCUT2D eigenvalue weighted by molar-refractivity contribution is 6.36. The zero-order valence-corrected chi connectivity index (χ0v) is 12.5. The highest BCUT2D eigenvalue weighted by Gasteiger charge is 2.16. The molecule has 0 unspecified atom stereocenters. The molecule has 3 nitrogen and oxygen atoms in total. The summed E-state index contributed by atoms with van der Waals surface area (Å²) in [6.07, 6.45) is 0. The summed E-state index contributed by atoms with van der Waals surface area (Å²) in [6.45, 7) is 3.80. The summed E-state index contributed by atoms with van der Waals surface area (Å²) in [5, 5.41) is 15.6. The number of nitrogens with zero attached hydrogens (tertiary/aromatic N) is 2. The molecule has 0 aliphatic rings. The number of aryl methyl sites for hydroxylation is 2. The Morgan fingerprint density at radius 2 is 1.85 bits per heavy atom. The maximum absolute atomic E-state index is 10.0. The van der Waals surface area contributed by atoms with E-state index < -0.39 is 0 Å². The van der Waals surface area contributed by atoms with Crippen molar-refractivity contribution in [1.29, 1.82) is 0 Å². The van der Waals surface area contributed by atoms with Crippen molar-refractivity contribution in [2.45, 2.75) is 13.8 Å². The van der Waals surface area contributed by atoms with Gasteiger partial charge in [-0.25, -0.2) is 4.52 Å². The minimum absolute atomic E-state index is 0.205. The summed E-state index contributed by atoms with van der Waals surface area (Å²) >= 11 is 12.2. The molecule has 2 aromatic heterocycles. The van der Waals surface area contributed by atoms with Crippen molar-refractivity contribution in [3.63, 3.8) is 0 Å². The molecule has 3 aromatic rings. The summed E-state index contributed by atoms with van der Waals surface area (Å²) < 4.78 is 1.72. The van der Waals surface area contributed by atoms with Crippen LogP contribution in [0.25, 0.3) is 16.8 Å². The fraction of sp³-hybridized carbons (Fsp3) is 0.133. The lowest BCUT2D eigenvalue weighted by molar-refractivity contribution is 0.476. The zero-order valence-electron chi connectivity index (χ0n) is 11.0. The Morgan fingerprint density at radius 1 is 1.10 bits per heavy atom. The molecular weight excluding hydrogens is 295 g/mol. The Bertz CT molecular complexity index is 824. The summed E-state index contributed by atoms with van der Waals surface area (Å²) in [5.74, 6) is 0.205. The summed E-state index contributed by atoms with van der Waals surface area (Å²) in [7, 11) is 0. The second-order valence-corrected chi connectivity index (χ2v) is 5.61. The first-order valence-electron chi connectivity index (χ1n) is 6.12. The predicted molar refractivity (Wildman–Crippen MR) is 81.8 cm³/mol. The molecule has 0 amide bonds. The largest absolute Gasteiger partial charge is 0.506 e. The topological polar surface area (TPSA) is 37.5 Å². The van der Waals surface area contributed by atoms with E-state index in [1.807, 2.05) is 26.0 Å². The van der Waals surface area contributed by atoms with Crippen LogP contribution < -0.4 is 0 Å². The number of halogens is 2. The van der Waals surface area contributed by atoms with Crippen LogP contribution in [0.4, 0.5) is 0 Å². The smallest absolute Gasteiger partial charge is 0.143 e. The van der Waals surface area contributed by atoms with Crippen LogP contribution in [0.1, 0.15) is 11.3 Å². The number of aromatic nitrogens is 2.